The van der Waals surface area contributed by atoms with Crippen molar-refractivity contribution in [2.24, 2.45) is 17.3 Å². The van der Waals surface area contributed by atoms with Crippen LogP contribution in [0.15, 0.2) is 48.5 Å². The number of nitrogens with zero attached hydrogens (tertiary/aromatic N) is 1. The van der Waals surface area contributed by atoms with Crippen LogP contribution in [0.2, 0.25) is 0 Å². The van der Waals surface area contributed by atoms with Crippen molar-refractivity contribution in [3.8, 4) is 22.6 Å². The summed E-state index contributed by atoms with van der Waals surface area (Å²) >= 11 is 0. The molecule has 1 saturated carbocycles. The number of ether oxygens (including phenoxy) is 2. The topological polar surface area (TPSA) is 68.7 Å². The summed E-state index contributed by atoms with van der Waals surface area (Å²) in [4.78, 5) is 17.0. The molecule has 2 unspecified atom stereocenters. The Morgan fingerprint density at radius 1 is 1.05 bits per heavy atom. The SMILES string of the molecule is COc1ccc(F)c(-c2ccc(C3CCc4ccc([C@H](C5CC5)[C@H](C)C(=O)O)cc4O3)nc2C(C)C(C)(C)C)c1. The second-order valence-electron chi connectivity index (χ2n) is 12.6. The van der Waals surface area contributed by atoms with Crippen LogP contribution >= 0.6 is 0 Å². The lowest BCUT2D eigenvalue weighted by Gasteiger charge is -2.31. The van der Waals surface area contributed by atoms with E-state index in [4.69, 9.17) is 14.5 Å². The maximum atomic E-state index is 15.1. The number of rotatable bonds is 8. The molecule has 4 atom stereocenters. The van der Waals surface area contributed by atoms with Crippen molar-refractivity contribution < 1.29 is 23.8 Å². The number of methoxy groups -OCH3 is 1. The number of carboxylic acids is 1. The minimum Gasteiger partial charge on any atom is -0.497 e. The predicted molar refractivity (Wildman–Crippen MR) is 154 cm³/mol. The fraction of sp³-hybridized carbons (Fsp3) is 0.471. The summed E-state index contributed by atoms with van der Waals surface area (Å²) in [5, 5.41) is 9.73. The van der Waals surface area contributed by atoms with Gasteiger partial charge in [-0.05, 0) is 84.4 Å². The van der Waals surface area contributed by atoms with Crippen molar-refractivity contribution in [2.45, 2.75) is 78.2 Å². The van der Waals surface area contributed by atoms with Crippen LogP contribution in [-0.2, 0) is 11.2 Å². The molecule has 0 amide bonds. The molecule has 0 bridgehead atoms. The highest BCUT2D eigenvalue weighted by Crippen LogP contribution is 2.48. The number of benzene rings is 2. The number of carboxylic acid groups (broad SMARTS) is 1. The van der Waals surface area contributed by atoms with Crippen LogP contribution in [0.5, 0.6) is 11.5 Å². The van der Waals surface area contributed by atoms with Gasteiger partial charge in [-0.3, -0.25) is 9.78 Å². The van der Waals surface area contributed by atoms with Gasteiger partial charge >= 0.3 is 5.97 Å². The Labute approximate surface area is 236 Å². The number of aryl methyl sites for hydroxylation is 1. The largest absolute Gasteiger partial charge is 0.497 e. The summed E-state index contributed by atoms with van der Waals surface area (Å²) in [6.07, 6.45) is 3.53. The van der Waals surface area contributed by atoms with E-state index in [-0.39, 0.29) is 29.2 Å². The molecule has 3 aromatic rings. The molecule has 1 aliphatic carbocycles. The highest BCUT2D eigenvalue weighted by molar-refractivity contribution is 5.71. The number of halogens is 1. The van der Waals surface area contributed by atoms with E-state index in [9.17, 15) is 9.90 Å². The van der Waals surface area contributed by atoms with E-state index in [0.717, 1.165) is 59.5 Å². The second kappa shape index (κ2) is 10.9. The first-order valence-electron chi connectivity index (χ1n) is 14.3. The third-order valence-corrected chi connectivity index (χ3v) is 8.93. The predicted octanol–water partition coefficient (Wildman–Crippen LogP) is 8.33. The summed E-state index contributed by atoms with van der Waals surface area (Å²) in [7, 11) is 1.58. The number of carbonyl (C=O) groups is 1. The molecule has 1 aromatic heterocycles. The molecule has 0 spiro atoms. The third kappa shape index (κ3) is 5.59. The Morgan fingerprint density at radius 3 is 2.45 bits per heavy atom. The van der Waals surface area contributed by atoms with Crippen molar-refractivity contribution >= 4 is 5.97 Å². The van der Waals surface area contributed by atoms with E-state index in [1.807, 2.05) is 19.1 Å². The lowest BCUT2D eigenvalue weighted by molar-refractivity contribution is -0.142. The average Bonchev–Trinajstić information content (AvgIpc) is 3.77. The summed E-state index contributed by atoms with van der Waals surface area (Å²) in [5.41, 5.74) is 4.98. The first-order valence-corrected chi connectivity index (χ1v) is 14.3. The van der Waals surface area contributed by atoms with Gasteiger partial charge in [0, 0.05) is 17.0 Å². The monoisotopic (exact) mass is 545 g/mol. The van der Waals surface area contributed by atoms with Gasteiger partial charge in [0.1, 0.15) is 23.4 Å². The molecule has 5 nitrogen and oxygen atoms in total. The fourth-order valence-corrected chi connectivity index (χ4v) is 5.86. The van der Waals surface area contributed by atoms with E-state index in [0.29, 0.717) is 17.2 Å². The molecular formula is C34H40FNO4. The Morgan fingerprint density at radius 2 is 1.80 bits per heavy atom. The zero-order valence-corrected chi connectivity index (χ0v) is 24.3. The van der Waals surface area contributed by atoms with Gasteiger partial charge < -0.3 is 14.6 Å². The zero-order chi connectivity index (χ0) is 28.8. The van der Waals surface area contributed by atoms with E-state index >= 15 is 4.39 Å². The molecule has 0 saturated heterocycles. The molecule has 2 aromatic carbocycles. The second-order valence-corrected chi connectivity index (χ2v) is 12.6. The summed E-state index contributed by atoms with van der Waals surface area (Å²) in [5.74, 6) is 0.341. The van der Waals surface area contributed by atoms with Crippen LogP contribution in [0, 0.1) is 23.1 Å². The lowest BCUT2D eigenvalue weighted by Crippen LogP contribution is -2.22. The summed E-state index contributed by atoms with van der Waals surface area (Å²) in [6, 6.07) is 14.9. The van der Waals surface area contributed by atoms with E-state index in [1.165, 1.54) is 6.07 Å². The smallest absolute Gasteiger partial charge is 0.306 e. The minimum absolute atomic E-state index is 0.0128. The van der Waals surface area contributed by atoms with Gasteiger partial charge in [0.25, 0.3) is 0 Å². The standard InChI is InChI=1S/C34H40FNO4/c1-19(33(37)38)31(22-8-9-22)23-10-7-21-11-16-29(40-30(21)17-23)28-15-13-25(32(36-28)20(2)34(3,4)5)26-18-24(39-6)12-14-27(26)35/h7,10,12-15,17-20,22,29,31H,8-9,11,16H2,1-6H3,(H,37,38)/t19-,20?,29?,31-/m0/s1. The zero-order valence-electron chi connectivity index (χ0n) is 24.3. The number of pyridine rings is 1. The maximum Gasteiger partial charge on any atom is 0.306 e. The number of hydrogen-bond acceptors (Lipinski definition) is 4. The Bertz CT molecular complexity index is 1410. The van der Waals surface area contributed by atoms with Crippen molar-refractivity contribution in [3.05, 3.63) is 76.9 Å². The normalized spacial score (nSPS) is 19.2. The van der Waals surface area contributed by atoms with Crippen LogP contribution < -0.4 is 9.47 Å². The molecule has 6 heteroatoms. The summed E-state index contributed by atoms with van der Waals surface area (Å²) < 4.78 is 27.0. The van der Waals surface area contributed by atoms with Crippen molar-refractivity contribution in [2.75, 3.05) is 7.11 Å². The fourth-order valence-electron chi connectivity index (χ4n) is 5.86. The Kier molecular flexibility index (Phi) is 7.64. The van der Waals surface area contributed by atoms with E-state index in [1.54, 1.807) is 19.2 Å². The highest BCUT2D eigenvalue weighted by atomic mass is 19.1. The number of aromatic nitrogens is 1. The Hall–Kier alpha value is -3.41. The molecule has 2 aliphatic rings. The summed E-state index contributed by atoms with van der Waals surface area (Å²) in [6.45, 7) is 10.4. The average molecular weight is 546 g/mol. The maximum absolute atomic E-state index is 15.1. The van der Waals surface area contributed by atoms with Gasteiger partial charge in [-0.15, -0.1) is 0 Å². The highest BCUT2D eigenvalue weighted by Gasteiger charge is 2.39. The molecule has 0 radical (unpaired) electrons. The molecule has 5 rings (SSSR count). The quantitative estimate of drug-likeness (QED) is 0.308. The first-order chi connectivity index (χ1) is 19.0. The first kappa shape index (κ1) is 28.1. The van der Waals surface area contributed by atoms with Crippen LogP contribution in [0.1, 0.15) is 94.3 Å². The number of aliphatic carboxylic acids is 1. The van der Waals surface area contributed by atoms with Crippen LogP contribution in [0.4, 0.5) is 4.39 Å². The minimum atomic E-state index is -0.759. The van der Waals surface area contributed by atoms with Gasteiger partial charge in [-0.25, -0.2) is 4.39 Å². The van der Waals surface area contributed by atoms with Crippen LogP contribution in [0.3, 0.4) is 0 Å². The van der Waals surface area contributed by atoms with Gasteiger partial charge in [0.2, 0.25) is 0 Å². The lowest BCUT2D eigenvalue weighted by atomic mass is 9.77. The molecular weight excluding hydrogens is 505 g/mol. The molecule has 2 heterocycles. The van der Waals surface area contributed by atoms with Crippen LogP contribution in [-0.4, -0.2) is 23.2 Å². The van der Waals surface area contributed by atoms with Crippen molar-refractivity contribution in [3.63, 3.8) is 0 Å². The van der Waals surface area contributed by atoms with Crippen LogP contribution in [0.25, 0.3) is 11.1 Å². The van der Waals surface area contributed by atoms with Gasteiger partial charge in [0.05, 0.1) is 24.4 Å². The molecule has 1 N–H and O–H groups in total. The molecule has 212 valence electrons. The molecule has 1 aliphatic heterocycles. The van der Waals surface area contributed by atoms with Gasteiger partial charge in [-0.1, -0.05) is 52.8 Å². The number of hydrogen-bond donors (Lipinski definition) is 1. The molecule has 1 fully saturated rings. The van der Waals surface area contributed by atoms with Crippen molar-refractivity contribution in [1.82, 2.24) is 4.98 Å². The van der Waals surface area contributed by atoms with Crippen molar-refractivity contribution in [1.29, 1.82) is 0 Å². The third-order valence-electron chi connectivity index (χ3n) is 8.93. The van der Waals surface area contributed by atoms with Gasteiger partial charge in [0.15, 0.2) is 0 Å². The number of fused-ring (bicyclic) bond motifs is 1. The van der Waals surface area contributed by atoms with E-state index in [2.05, 4.69) is 45.9 Å². The molecule has 40 heavy (non-hydrogen) atoms. The van der Waals surface area contributed by atoms with E-state index < -0.39 is 11.9 Å². The Balaban J connectivity index is 1.50. The van der Waals surface area contributed by atoms with Gasteiger partial charge in [-0.2, -0.15) is 0 Å².